The number of benzene rings is 1. The Hall–Kier alpha value is -2.32. The number of nitrogens with zero attached hydrogens (tertiary/aromatic N) is 1. The number of thiazole rings is 1. The lowest BCUT2D eigenvalue weighted by Crippen LogP contribution is -2.23. The number of carbonyl (C=O) groups is 1. The van der Waals surface area contributed by atoms with Crippen molar-refractivity contribution in [3.63, 3.8) is 0 Å². The van der Waals surface area contributed by atoms with Crippen molar-refractivity contribution in [3.05, 3.63) is 53.3 Å². The lowest BCUT2D eigenvalue weighted by molar-refractivity contribution is -0.385. The minimum absolute atomic E-state index is 0.0845. The number of nitrogens with one attached hydrogen (secondary N) is 1. The van der Waals surface area contributed by atoms with E-state index in [-0.39, 0.29) is 17.2 Å². The summed E-state index contributed by atoms with van der Waals surface area (Å²) < 4.78 is 6.12. The molecule has 1 aromatic carbocycles. The van der Waals surface area contributed by atoms with Crippen LogP contribution in [0.2, 0.25) is 0 Å². The molecule has 0 radical (unpaired) electrons. The summed E-state index contributed by atoms with van der Waals surface area (Å²) in [6.07, 6.45) is 3.67. The van der Waals surface area contributed by atoms with E-state index in [9.17, 15) is 14.9 Å². The van der Waals surface area contributed by atoms with Gasteiger partial charge in [-0.25, -0.2) is 4.79 Å². The molecule has 1 aromatic heterocycles. The number of nitro groups is 1. The first kappa shape index (κ1) is 18.0. The highest BCUT2D eigenvalue weighted by molar-refractivity contribution is 7.73. The molecule has 2 aromatic rings. The Morgan fingerprint density at radius 1 is 1.46 bits per heavy atom. The van der Waals surface area contributed by atoms with Gasteiger partial charge in [0.2, 0.25) is 0 Å². The smallest absolute Gasteiger partial charge is 0.332 e. The van der Waals surface area contributed by atoms with E-state index in [1.54, 1.807) is 19.1 Å². The normalized spacial score (nSPS) is 12.4. The maximum absolute atomic E-state index is 11.6. The molecule has 8 heteroatoms. The number of esters is 1. The quantitative estimate of drug-likeness (QED) is 0.381. The van der Waals surface area contributed by atoms with Crippen molar-refractivity contribution in [1.29, 1.82) is 0 Å². The Labute approximate surface area is 147 Å². The van der Waals surface area contributed by atoms with Crippen LogP contribution < -0.4 is 9.88 Å². The van der Waals surface area contributed by atoms with E-state index in [4.69, 9.17) is 17.0 Å². The number of aromatic nitrogens is 1. The van der Waals surface area contributed by atoms with E-state index in [0.29, 0.717) is 31.4 Å². The first-order chi connectivity index (χ1) is 11.4. The number of H-pyrrole nitrogens is 1. The molecule has 0 amide bonds. The largest absolute Gasteiger partial charge is 0.463 e. The van der Waals surface area contributed by atoms with Gasteiger partial charge >= 0.3 is 5.97 Å². The van der Waals surface area contributed by atoms with E-state index in [1.165, 1.54) is 23.5 Å². The zero-order valence-corrected chi connectivity index (χ0v) is 14.8. The van der Waals surface area contributed by atoms with E-state index in [0.717, 1.165) is 0 Å². The van der Waals surface area contributed by atoms with E-state index in [2.05, 4.69) is 4.98 Å². The van der Waals surface area contributed by atoms with Crippen molar-refractivity contribution in [2.75, 3.05) is 6.61 Å². The van der Waals surface area contributed by atoms with Gasteiger partial charge in [0, 0.05) is 17.7 Å². The van der Waals surface area contributed by atoms with Crippen molar-refractivity contribution in [2.45, 2.75) is 20.3 Å². The number of hydrogen-bond donors (Lipinski definition) is 1. The van der Waals surface area contributed by atoms with Gasteiger partial charge in [-0.1, -0.05) is 19.1 Å². The summed E-state index contributed by atoms with van der Waals surface area (Å²) in [5.74, 6) is -0.469. The average molecular weight is 364 g/mol. The SMILES string of the molecule is CCOC(=O)/C=c1\[nH]c(=S)s\c1=C/c1ccc(CC)c([N+](=O)[O-])c1. The number of aryl methyl sites for hydroxylation is 1. The van der Waals surface area contributed by atoms with Crippen molar-refractivity contribution in [3.8, 4) is 0 Å². The van der Waals surface area contributed by atoms with Crippen LogP contribution in [0.3, 0.4) is 0 Å². The Bertz CT molecular complexity index is 944. The Balaban J connectivity index is 2.57. The van der Waals surface area contributed by atoms with Crippen LogP contribution in [-0.2, 0) is 16.0 Å². The Morgan fingerprint density at radius 2 is 2.21 bits per heavy atom. The topological polar surface area (TPSA) is 85.2 Å². The summed E-state index contributed by atoms with van der Waals surface area (Å²) in [5.41, 5.74) is 1.43. The van der Waals surface area contributed by atoms with Gasteiger partial charge in [-0.3, -0.25) is 10.1 Å². The fourth-order valence-electron chi connectivity index (χ4n) is 2.16. The first-order valence-corrected chi connectivity index (χ1v) is 8.53. The third kappa shape index (κ3) is 4.36. The van der Waals surface area contributed by atoms with Crippen LogP contribution in [0, 0.1) is 14.1 Å². The molecule has 0 fully saturated rings. The first-order valence-electron chi connectivity index (χ1n) is 7.31. The number of rotatable bonds is 5. The maximum Gasteiger partial charge on any atom is 0.332 e. The van der Waals surface area contributed by atoms with E-state index in [1.807, 2.05) is 13.0 Å². The molecule has 0 atom stereocenters. The molecule has 1 heterocycles. The van der Waals surface area contributed by atoms with Gasteiger partial charge in [-0.2, -0.15) is 0 Å². The van der Waals surface area contributed by atoms with Crippen LogP contribution in [0.4, 0.5) is 5.69 Å². The van der Waals surface area contributed by atoms with Gasteiger partial charge in [0.05, 0.1) is 21.4 Å². The minimum Gasteiger partial charge on any atom is -0.463 e. The summed E-state index contributed by atoms with van der Waals surface area (Å²) in [6.45, 7) is 3.88. The molecule has 2 rings (SSSR count). The molecule has 0 aliphatic carbocycles. The predicted octanol–water partition coefficient (Wildman–Crippen LogP) is 2.45. The summed E-state index contributed by atoms with van der Waals surface area (Å²) in [4.78, 5) is 25.3. The molecular formula is C16H16N2O4S2. The van der Waals surface area contributed by atoms with Crippen molar-refractivity contribution >= 4 is 47.4 Å². The molecule has 0 saturated heterocycles. The molecule has 0 spiro atoms. The van der Waals surface area contributed by atoms with Crippen LogP contribution in [-0.4, -0.2) is 22.5 Å². The van der Waals surface area contributed by atoms with Gasteiger partial charge in [-0.15, -0.1) is 11.3 Å². The zero-order chi connectivity index (χ0) is 17.7. The molecule has 0 bridgehead atoms. The number of carbonyl (C=O) groups excluding carboxylic acids is 1. The van der Waals surface area contributed by atoms with E-state index < -0.39 is 5.97 Å². The molecule has 0 unspecified atom stereocenters. The molecule has 126 valence electrons. The fraction of sp³-hybridized carbons (Fsp3) is 0.250. The fourth-order valence-corrected chi connectivity index (χ4v) is 3.31. The lowest BCUT2D eigenvalue weighted by atomic mass is 10.1. The Kier molecular flexibility index (Phi) is 5.99. The van der Waals surface area contributed by atoms with Crippen LogP contribution in [0.1, 0.15) is 25.0 Å². The molecular weight excluding hydrogens is 348 g/mol. The number of hydrogen-bond acceptors (Lipinski definition) is 6. The second kappa shape index (κ2) is 7.98. The lowest BCUT2D eigenvalue weighted by Gasteiger charge is -2.00. The molecule has 0 aliphatic rings. The molecule has 1 N–H and O–H groups in total. The number of ether oxygens (including phenoxy) is 1. The van der Waals surface area contributed by atoms with Crippen LogP contribution in [0.5, 0.6) is 0 Å². The van der Waals surface area contributed by atoms with Crippen molar-refractivity contribution < 1.29 is 14.5 Å². The monoisotopic (exact) mass is 364 g/mol. The van der Waals surface area contributed by atoms with Gasteiger partial charge in [0.25, 0.3) is 5.69 Å². The van der Waals surface area contributed by atoms with Crippen molar-refractivity contribution in [1.82, 2.24) is 4.98 Å². The van der Waals surface area contributed by atoms with E-state index >= 15 is 0 Å². The standard InChI is InChI=1S/C16H16N2O4S2/c1-3-11-6-5-10(7-13(11)18(20)21)8-14-12(17-16(23)24-14)9-15(19)22-4-2/h5-9H,3-4H2,1-2H3,(H,17,23)/b12-9-,14-8-. The maximum atomic E-state index is 11.6. The third-order valence-corrected chi connectivity index (χ3v) is 4.44. The summed E-state index contributed by atoms with van der Waals surface area (Å²) >= 11 is 6.41. The van der Waals surface area contributed by atoms with Gasteiger partial charge < -0.3 is 9.72 Å². The van der Waals surface area contributed by atoms with Crippen LogP contribution in [0.15, 0.2) is 18.2 Å². The second-order valence-electron chi connectivity index (χ2n) is 4.83. The molecule has 24 heavy (non-hydrogen) atoms. The van der Waals surface area contributed by atoms with Gasteiger partial charge in [0.1, 0.15) is 0 Å². The van der Waals surface area contributed by atoms with Gasteiger partial charge in [0.15, 0.2) is 3.95 Å². The summed E-state index contributed by atoms with van der Waals surface area (Å²) in [5, 5.41) is 11.7. The predicted molar refractivity (Wildman–Crippen MR) is 95.9 cm³/mol. The molecule has 0 aliphatic heterocycles. The van der Waals surface area contributed by atoms with Crippen LogP contribution >= 0.6 is 23.6 Å². The summed E-state index contributed by atoms with van der Waals surface area (Å²) in [6, 6.07) is 5.07. The van der Waals surface area contributed by atoms with Crippen LogP contribution in [0.25, 0.3) is 12.2 Å². The third-order valence-electron chi connectivity index (χ3n) is 3.24. The summed E-state index contributed by atoms with van der Waals surface area (Å²) in [7, 11) is 0. The van der Waals surface area contributed by atoms with Gasteiger partial charge in [-0.05, 0) is 37.2 Å². The highest BCUT2D eigenvalue weighted by atomic mass is 32.1. The molecule has 0 saturated carbocycles. The zero-order valence-electron chi connectivity index (χ0n) is 13.2. The molecule has 6 nitrogen and oxygen atoms in total. The van der Waals surface area contributed by atoms with Crippen molar-refractivity contribution in [2.24, 2.45) is 0 Å². The highest BCUT2D eigenvalue weighted by Gasteiger charge is 2.12. The minimum atomic E-state index is -0.469. The highest BCUT2D eigenvalue weighted by Crippen LogP contribution is 2.21. The second-order valence-corrected chi connectivity index (χ2v) is 6.55. The Morgan fingerprint density at radius 3 is 2.83 bits per heavy atom. The average Bonchev–Trinajstić information content (AvgIpc) is 2.86. The number of nitro benzene ring substituents is 1. The number of aromatic amines is 1.